The van der Waals surface area contributed by atoms with Crippen LogP contribution < -0.4 is 0 Å². The topological polar surface area (TPSA) is 0 Å². The lowest BCUT2D eigenvalue weighted by Crippen LogP contribution is -2.00. The van der Waals surface area contributed by atoms with Crippen molar-refractivity contribution >= 4 is 23.5 Å². The van der Waals surface area contributed by atoms with Gasteiger partial charge in [0.05, 0.1) is 0 Å². The molecule has 0 heterocycles. The molecule has 0 fully saturated rings. The highest BCUT2D eigenvalue weighted by Gasteiger charge is 1.99. The van der Waals surface area contributed by atoms with Gasteiger partial charge in [-0.1, -0.05) is 31.2 Å². The lowest BCUT2D eigenvalue weighted by atomic mass is 10.6. The molecule has 13 heavy (non-hydrogen) atoms. The van der Waals surface area contributed by atoms with Gasteiger partial charge in [0.1, 0.15) is 0 Å². The van der Waals surface area contributed by atoms with E-state index in [0.717, 1.165) is 16.8 Å². The maximum atomic E-state index is 2.30. The van der Waals surface area contributed by atoms with Crippen LogP contribution in [0.2, 0.25) is 0 Å². The zero-order valence-corrected chi connectivity index (χ0v) is 10.5. The van der Waals surface area contributed by atoms with Gasteiger partial charge in [-0.05, 0) is 13.8 Å². The molecule has 0 bridgehead atoms. The van der Waals surface area contributed by atoms with Crippen LogP contribution >= 0.6 is 23.5 Å². The molecule has 0 saturated carbocycles. The second kappa shape index (κ2) is 10.3. The Kier molecular flexibility index (Phi) is 10.4. The summed E-state index contributed by atoms with van der Waals surface area (Å²) < 4.78 is 0. The van der Waals surface area contributed by atoms with Crippen LogP contribution in [-0.4, -0.2) is 22.5 Å². The Balaban J connectivity index is 3.24. The van der Waals surface area contributed by atoms with E-state index in [4.69, 9.17) is 0 Å². The minimum atomic E-state index is 0.770. The van der Waals surface area contributed by atoms with Crippen LogP contribution in [0.1, 0.15) is 20.8 Å². The molecule has 0 aromatic carbocycles. The summed E-state index contributed by atoms with van der Waals surface area (Å²) >= 11 is 4.04. The average Bonchev–Trinajstić information content (AvgIpc) is 2.13. The highest BCUT2D eigenvalue weighted by molar-refractivity contribution is 8.03. The lowest BCUT2D eigenvalue weighted by Gasteiger charge is -2.07. The fourth-order valence-electron chi connectivity index (χ4n) is 0.762. The molecule has 0 N–H and O–H groups in total. The van der Waals surface area contributed by atoms with Gasteiger partial charge in [0.25, 0.3) is 0 Å². The first-order valence-corrected chi connectivity index (χ1v) is 6.93. The van der Waals surface area contributed by atoms with Gasteiger partial charge >= 0.3 is 0 Å². The van der Waals surface area contributed by atoms with Crippen molar-refractivity contribution in [1.29, 1.82) is 0 Å². The van der Waals surface area contributed by atoms with Crippen LogP contribution in [0.3, 0.4) is 0 Å². The van der Waals surface area contributed by atoms with Gasteiger partial charge in [0.15, 0.2) is 0 Å². The average molecular weight is 216 g/mol. The summed E-state index contributed by atoms with van der Waals surface area (Å²) in [6.07, 6.45) is 8.67. The van der Waals surface area contributed by atoms with E-state index in [2.05, 4.69) is 45.1 Å². The largest absolute Gasteiger partial charge is 0.157 e. The first-order chi connectivity index (χ1) is 6.31. The van der Waals surface area contributed by atoms with Crippen LogP contribution in [-0.2, 0) is 0 Å². The molecule has 0 amide bonds. The summed E-state index contributed by atoms with van der Waals surface area (Å²) in [7, 11) is 0. The first kappa shape index (κ1) is 13.2. The van der Waals surface area contributed by atoms with Gasteiger partial charge in [-0.2, -0.15) is 23.5 Å². The molecular weight excluding hydrogens is 196 g/mol. The molecule has 0 aliphatic carbocycles. The molecule has 0 spiro atoms. The van der Waals surface area contributed by atoms with E-state index in [1.54, 1.807) is 0 Å². The molecular formula is C11H20S2. The number of thioether (sulfide) groups is 2. The van der Waals surface area contributed by atoms with Gasteiger partial charge in [0.2, 0.25) is 0 Å². The van der Waals surface area contributed by atoms with E-state index < -0.39 is 0 Å². The van der Waals surface area contributed by atoms with Crippen molar-refractivity contribution in [3.05, 3.63) is 24.3 Å². The van der Waals surface area contributed by atoms with Crippen molar-refractivity contribution in [2.45, 2.75) is 26.0 Å². The molecule has 0 radical (unpaired) electrons. The third-order valence-corrected chi connectivity index (χ3v) is 4.01. The van der Waals surface area contributed by atoms with Crippen molar-refractivity contribution in [2.24, 2.45) is 0 Å². The highest BCUT2D eigenvalue weighted by atomic mass is 32.2. The van der Waals surface area contributed by atoms with Crippen LogP contribution in [0.4, 0.5) is 0 Å². The van der Waals surface area contributed by atoms with E-state index in [1.165, 1.54) is 5.75 Å². The maximum Gasteiger partial charge on any atom is 0.0116 e. The van der Waals surface area contributed by atoms with Crippen molar-refractivity contribution in [1.82, 2.24) is 0 Å². The van der Waals surface area contributed by atoms with E-state index in [9.17, 15) is 0 Å². The Labute approximate surface area is 91.3 Å². The summed E-state index contributed by atoms with van der Waals surface area (Å²) in [5.41, 5.74) is 0. The van der Waals surface area contributed by atoms with Crippen molar-refractivity contribution in [2.75, 3.05) is 17.3 Å². The first-order valence-electron chi connectivity index (χ1n) is 4.73. The molecule has 0 aromatic rings. The smallest absolute Gasteiger partial charge is 0.0116 e. The fourth-order valence-corrected chi connectivity index (χ4v) is 2.86. The Morgan fingerprint density at radius 2 is 1.69 bits per heavy atom. The van der Waals surface area contributed by atoms with E-state index >= 15 is 0 Å². The third kappa shape index (κ3) is 10.1. The highest BCUT2D eigenvalue weighted by Crippen LogP contribution is 2.16. The van der Waals surface area contributed by atoms with Gasteiger partial charge in [-0.15, -0.1) is 0 Å². The summed E-state index contributed by atoms with van der Waals surface area (Å²) in [5, 5.41) is 0.770. The normalized spacial score (nSPS) is 14.4. The summed E-state index contributed by atoms with van der Waals surface area (Å²) in [6.45, 7) is 6.45. The molecule has 0 aromatic heterocycles. The van der Waals surface area contributed by atoms with Crippen molar-refractivity contribution < 1.29 is 0 Å². The monoisotopic (exact) mass is 216 g/mol. The van der Waals surface area contributed by atoms with Crippen LogP contribution in [0.25, 0.3) is 0 Å². The van der Waals surface area contributed by atoms with Gasteiger partial charge in [-0.3, -0.25) is 0 Å². The third-order valence-electron chi connectivity index (χ3n) is 1.52. The maximum absolute atomic E-state index is 2.30. The molecule has 1 atom stereocenters. The zero-order valence-electron chi connectivity index (χ0n) is 8.82. The second-order valence-corrected chi connectivity index (χ2v) is 5.37. The quantitative estimate of drug-likeness (QED) is 0.466. The minimum absolute atomic E-state index is 0.770. The molecule has 2 heteroatoms. The molecule has 0 aliphatic rings. The van der Waals surface area contributed by atoms with Crippen molar-refractivity contribution in [3.63, 3.8) is 0 Å². The number of hydrogen-bond acceptors (Lipinski definition) is 2. The Bertz CT molecular complexity index is 150. The van der Waals surface area contributed by atoms with E-state index in [0.29, 0.717) is 0 Å². The predicted octanol–water partition coefficient (Wildman–Crippen LogP) is 3.99. The predicted molar refractivity (Wildman–Crippen MR) is 68.9 cm³/mol. The van der Waals surface area contributed by atoms with Crippen molar-refractivity contribution in [3.8, 4) is 0 Å². The minimum Gasteiger partial charge on any atom is -0.157 e. The molecule has 0 aliphatic heterocycles. The molecule has 0 nitrogen and oxygen atoms in total. The van der Waals surface area contributed by atoms with Gasteiger partial charge in [0, 0.05) is 22.5 Å². The molecule has 0 saturated heterocycles. The van der Waals surface area contributed by atoms with Crippen LogP contribution in [0, 0.1) is 0 Å². The fraction of sp³-hybridized carbons (Fsp3) is 0.636. The Hall–Kier alpha value is 0.180. The van der Waals surface area contributed by atoms with E-state index in [1.807, 2.05) is 23.5 Å². The second-order valence-electron chi connectivity index (χ2n) is 2.82. The van der Waals surface area contributed by atoms with Crippen LogP contribution in [0.5, 0.6) is 0 Å². The zero-order chi connectivity index (χ0) is 9.94. The molecule has 1 unspecified atom stereocenters. The summed E-state index contributed by atoms with van der Waals surface area (Å²) in [6, 6.07) is 0. The van der Waals surface area contributed by atoms with Gasteiger partial charge < -0.3 is 0 Å². The molecule has 0 rings (SSSR count). The summed E-state index contributed by atoms with van der Waals surface area (Å²) in [5.74, 6) is 3.57. The number of hydrogen-bond donors (Lipinski definition) is 0. The van der Waals surface area contributed by atoms with E-state index in [-0.39, 0.29) is 0 Å². The molecule has 76 valence electrons. The number of allylic oxidation sites excluding steroid dienone is 2. The Morgan fingerprint density at radius 1 is 1.08 bits per heavy atom. The standard InChI is InChI=1S/C11H20S2/c1-4-6-8-12-10-11(3)13-9-7-5-2/h4-7,11H,8-10H2,1-3H3. The number of rotatable bonds is 7. The Morgan fingerprint density at radius 3 is 2.31 bits per heavy atom. The van der Waals surface area contributed by atoms with Crippen LogP contribution in [0.15, 0.2) is 24.3 Å². The van der Waals surface area contributed by atoms with Gasteiger partial charge in [-0.25, -0.2) is 0 Å². The lowest BCUT2D eigenvalue weighted by molar-refractivity contribution is 1.13. The SMILES string of the molecule is CC=CCSCC(C)SCC=CC. The summed E-state index contributed by atoms with van der Waals surface area (Å²) in [4.78, 5) is 0.